The SMILES string of the molecule is C=CCNCc1ccc(F)c(N(C)CCO)c1. The summed E-state index contributed by atoms with van der Waals surface area (Å²) in [5.41, 5.74) is 1.52. The van der Waals surface area contributed by atoms with Gasteiger partial charge in [0, 0.05) is 26.7 Å². The van der Waals surface area contributed by atoms with Crippen LogP contribution in [0.5, 0.6) is 0 Å². The van der Waals surface area contributed by atoms with Gasteiger partial charge in [0.25, 0.3) is 0 Å². The van der Waals surface area contributed by atoms with E-state index in [4.69, 9.17) is 5.11 Å². The van der Waals surface area contributed by atoms with Crippen LogP contribution in [-0.4, -0.2) is 31.9 Å². The summed E-state index contributed by atoms with van der Waals surface area (Å²) in [5.74, 6) is -0.270. The van der Waals surface area contributed by atoms with Crippen LogP contribution in [-0.2, 0) is 6.54 Å². The molecule has 0 unspecified atom stereocenters. The first-order valence-electron chi connectivity index (χ1n) is 5.61. The van der Waals surface area contributed by atoms with Crippen LogP contribution in [0, 0.1) is 5.82 Å². The lowest BCUT2D eigenvalue weighted by Gasteiger charge is -2.19. The van der Waals surface area contributed by atoms with E-state index in [9.17, 15) is 4.39 Å². The average Bonchev–Trinajstić information content (AvgIpc) is 2.32. The minimum absolute atomic E-state index is 0.00881. The van der Waals surface area contributed by atoms with Crippen molar-refractivity contribution < 1.29 is 9.50 Å². The lowest BCUT2D eigenvalue weighted by atomic mass is 10.1. The highest BCUT2D eigenvalue weighted by Gasteiger charge is 2.07. The Morgan fingerprint density at radius 3 is 2.94 bits per heavy atom. The maximum absolute atomic E-state index is 13.6. The molecule has 0 aliphatic rings. The second-order valence-corrected chi connectivity index (χ2v) is 3.85. The molecule has 0 bridgehead atoms. The molecule has 94 valence electrons. The van der Waals surface area contributed by atoms with E-state index in [1.165, 1.54) is 6.07 Å². The highest BCUT2D eigenvalue weighted by molar-refractivity contribution is 5.49. The molecule has 0 radical (unpaired) electrons. The van der Waals surface area contributed by atoms with E-state index in [0.717, 1.165) is 12.1 Å². The summed E-state index contributed by atoms with van der Waals surface area (Å²) in [7, 11) is 1.76. The predicted octanol–water partition coefficient (Wildman–Crippen LogP) is 1.53. The predicted molar refractivity (Wildman–Crippen MR) is 68.7 cm³/mol. The van der Waals surface area contributed by atoms with Crippen molar-refractivity contribution in [3.05, 3.63) is 42.2 Å². The topological polar surface area (TPSA) is 35.5 Å². The van der Waals surface area contributed by atoms with Crippen LogP contribution >= 0.6 is 0 Å². The number of nitrogens with one attached hydrogen (secondary N) is 1. The van der Waals surface area contributed by atoms with Gasteiger partial charge in [-0.15, -0.1) is 6.58 Å². The number of anilines is 1. The highest BCUT2D eigenvalue weighted by atomic mass is 19.1. The molecule has 1 aromatic rings. The van der Waals surface area contributed by atoms with Gasteiger partial charge in [0.15, 0.2) is 0 Å². The van der Waals surface area contributed by atoms with E-state index < -0.39 is 0 Å². The quantitative estimate of drug-likeness (QED) is 0.558. The van der Waals surface area contributed by atoms with Gasteiger partial charge < -0.3 is 15.3 Å². The van der Waals surface area contributed by atoms with E-state index in [0.29, 0.717) is 18.8 Å². The summed E-state index contributed by atoms with van der Waals surface area (Å²) in [5, 5.41) is 12.0. The molecule has 1 rings (SSSR count). The van der Waals surface area contributed by atoms with Crippen LogP contribution in [0.2, 0.25) is 0 Å². The summed E-state index contributed by atoms with van der Waals surface area (Å²) in [6, 6.07) is 5.00. The van der Waals surface area contributed by atoms with Crippen molar-refractivity contribution in [1.82, 2.24) is 5.32 Å². The number of nitrogens with zero attached hydrogens (tertiary/aromatic N) is 1. The van der Waals surface area contributed by atoms with Gasteiger partial charge in [-0.3, -0.25) is 0 Å². The molecule has 0 amide bonds. The summed E-state index contributed by atoms with van der Waals surface area (Å²) >= 11 is 0. The summed E-state index contributed by atoms with van der Waals surface area (Å²) in [6.07, 6.45) is 1.78. The van der Waals surface area contributed by atoms with Crippen LogP contribution in [0.3, 0.4) is 0 Å². The minimum Gasteiger partial charge on any atom is -0.395 e. The van der Waals surface area contributed by atoms with Crippen LogP contribution in [0.15, 0.2) is 30.9 Å². The van der Waals surface area contributed by atoms with Crippen LogP contribution in [0.4, 0.5) is 10.1 Å². The largest absolute Gasteiger partial charge is 0.395 e. The molecule has 0 aromatic heterocycles. The third-order valence-corrected chi connectivity index (χ3v) is 2.48. The molecule has 0 fully saturated rings. The average molecular weight is 238 g/mol. The van der Waals surface area contributed by atoms with Crippen molar-refractivity contribution in [2.75, 3.05) is 31.6 Å². The molecule has 2 N–H and O–H groups in total. The Hall–Kier alpha value is -1.39. The van der Waals surface area contributed by atoms with Gasteiger partial charge in [0.05, 0.1) is 12.3 Å². The highest BCUT2D eigenvalue weighted by Crippen LogP contribution is 2.19. The first-order chi connectivity index (χ1) is 8.19. The first kappa shape index (κ1) is 13.7. The van der Waals surface area contributed by atoms with Crippen molar-refractivity contribution in [3.63, 3.8) is 0 Å². The van der Waals surface area contributed by atoms with Gasteiger partial charge >= 0.3 is 0 Å². The number of benzene rings is 1. The van der Waals surface area contributed by atoms with E-state index in [-0.39, 0.29) is 12.4 Å². The van der Waals surface area contributed by atoms with Crippen LogP contribution < -0.4 is 10.2 Å². The Balaban J connectivity index is 2.75. The molecule has 0 spiro atoms. The van der Waals surface area contributed by atoms with Gasteiger partial charge in [-0.25, -0.2) is 4.39 Å². The molecule has 0 atom stereocenters. The van der Waals surface area contributed by atoms with Crippen molar-refractivity contribution in [2.24, 2.45) is 0 Å². The molecule has 0 heterocycles. The van der Waals surface area contributed by atoms with Crippen molar-refractivity contribution in [3.8, 4) is 0 Å². The lowest BCUT2D eigenvalue weighted by molar-refractivity contribution is 0.303. The van der Waals surface area contributed by atoms with Gasteiger partial charge in [0.2, 0.25) is 0 Å². The number of aliphatic hydroxyl groups is 1. The van der Waals surface area contributed by atoms with Gasteiger partial charge in [-0.05, 0) is 17.7 Å². The van der Waals surface area contributed by atoms with E-state index >= 15 is 0 Å². The van der Waals surface area contributed by atoms with E-state index in [1.54, 1.807) is 30.2 Å². The second-order valence-electron chi connectivity index (χ2n) is 3.85. The number of hydrogen-bond acceptors (Lipinski definition) is 3. The molecule has 4 heteroatoms. The van der Waals surface area contributed by atoms with Gasteiger partial charge in [-0.2, -0.15) is 0 Å². The maximum atomic E-state index is 13.6. The van der Waals surface area contributed by atoms with Crippen molar-refractivity contribution in [1.29, 1.82) is 0 Å². The number of halogens is 1. The Morgan fingerprint density at radius 1 is 1.53 bits per heavy atom. The fraction of sp³-hybridized carbons (Fsp3) is 0.385. The fourth-order valence-electron chi connectivity index (χ4n) is 1.55. The van der Waals surface area contributed by atoms with Crippen LogP contribution in [0.1, 0.15) is 5.56 Å². The smallest absolute Gasteiger partial charge is 0.146 e. The van der Waals surface area contributed by atoms with Crippen molar-refractivity contribution in [2.45, 2.75) is 6.54 Å². The third-order valence-electron chi connectivity index (χ3n) is 2.48. The summed E-state index contributed by atoms with van der Waals surface area (Å²) < 4.78 is 13.6. The number of aliphatic hydroxyl groups excluding tert-OH is 1. The monoisotopic (exact) mass is 238 g/mol. The Bertz CT molecular complexity index is 368. The maximum Gasteiger partial charge on any atom is 0.146 e. The van der Waals surface area contributed by atoms with E-state index in [2.05, 4.69) is 11.9 Å². The Kier molecular flexibility index (Phi) is 5.66. The molecule has 0 saturated heterocycles. The Labute approximate surface area is 102 Å². The summed E-state index contributed by atoms with van der Waals surface area (Å²) in [6.45, 7) is 5.44. The van der Waals surface area contributed by atoms with Gasteiger partial charge in [-0.1, -0.05) is 12.1 Å². The fourth-order valence-corrected chi connectivity index (χ4v) is 1.55. The standard InChI is InChI=1S/C13H19FN2O/c1-3-6-15-10-11-4-5-12(14)13(9-11)16(2)7-8-17/h3-5,9,15,17H,1,6-8,10H2,2H3. The van der Waals surface area contributed by atoms with Crippen molar-refractivity contribution >= 4 is 5.69 Å². The lowest BCUT2D eigenvalue weighted by Crippen LogP contribution is -2.22. The zero-order chi connectivity index (χ0) is 12.7. The molecular weight excluding hydrogens is 219 g/mol. The summed E-state index contributed by atoms with van der Waals surface area (Å²) in [4.78, 5) is 1.70. The molecule has 0 saturated carbocycles. The molecule has 3 nitrogen and oxygen atoms in total. The molecule has 17 heavy (non-hydrogen) atoms. The third kappa shape index (κ3) is 4.17. The zero-order valence-corrected chi connectivity index (χ0v) is 10.1. The molecule has 1 aromatic carbocycles. The Morgan fingerprint density at radius 2 is 2.29 bits per heavy atom. The molecular formula is C13H19FN2O. The second kappa shape index (κ2) is 7.04. The number of likely N-dealkylation sites (N-methyl/N-ethyl adjacent to an activating group) is 1. The van der Waals surface area contributed by atoms with Crippen LogP contribution in [0.25, 0.3) is 0 Å². The van der Waals surface area contributed by atoms with E-state index in [1.807, 2.05) is 0 Å². The van der Waals surface area contributed by atoms with Gasteiger partial charge in [0.1, 0.15) is 5.82 Å². The zero-order valence-electron chi connectivity index (χ0n) is 10.1. The molecule has 0 aliphatic heterocycles. The first-order valence-corrected chi connectivity index (χ1v) is 5.61. The minimum atomic E-state index is -0.270. The number of hydrogen-bond donors (Lipinski definition) is 2. The molecule has 0 aliphatic carbocycles. The normalized spacial score (nSPS) is 10.3. The number of rotatable bonds is 7.